The molecule has 3 aliphatic carbocycles. The predicted molar refractivity (Wildman–Crippen MR) is 104 cm³/mol. The highest BCUT2D eigenvalue weighted by Gasteiger charge is 2.69. The number of rotatable bonds is 7. The van der Waals surface area contributed by atoms with Gasteiger partial charge in [0.2, 0.25) is 5.91 Å². The average Bonchev–Trinajstić information content (AvgIpc) is 2.66. The Labute approximate surface area is 173 Å². The quantitative estimate of drug-likeness (QED) is 0.614. The first-order chi connectivity index (χ1) is 13.8. The van der Waals surface area contributed by atoms with Crippen molar-refractivity contribution < 1.29 is 23.5 Å². The van der Waals surface area contributed by atoms with Crippen LogP contribution in [0.2, 0.25) is 5.02 Å². The van der Waals surface area contributed by atoms with Crippen molar-refractivity contribution in [2.45, 2.75) is 42.9 Å². The second-order valence-corrected chi connectivity index (χ2v) is 8.85. The smallest absolute Gasteiger partial charge is 0.258 e. The van der Waals surface area contributed by atoms with Gasteiger partial charge in [-0.25, -0.2) is 4.39 Å². The lowest BCUT2D eigenvalue weighted by Gasteiger charge is -2.70. The summed E-state index contributed by atoms with van der Waals surface area (Å²) in [6.45, 7) is 1.23. The van der Waals surface area contributed by atoms with Gasteiger partial charge in [0.25, 0.3) is 5.91 Å². The van der Waals surface area contributed by atoms with Crippen LogP contribution in [0.25, 0.3) is 0 Å². The van der Waals surface area contributed by atoms with Gasteiger partial charge >= 0.3 is 0 Å². The number of carbonyl (C=O) groups excluding carboxylic acids is 2. The highest BCUT2D eigenvalue weighted by Crippen LogP contribution is 2.60. The lowest BCUT2D eigenvalue weighted by molar-refractivity contribution is -0.153. The van der Waals surface area contributed by atoms with Gasteiger partial charge in [0, 0.05) is 37.3 Å². The number of amides is 2. The van der Waals surface area contributed by atoms with Gasteiger partial charge in [-0.1, -0.05) is 11.6 Å². The third-order valence-electron chi connectivity index (χ3n) is 6.10. The molecule has 4 fully saturated rings. The van der Waals surface area contributed by atoms with Crippen molar-refractivity contribution in [2.75, 3.05) is 26.8 Å². The van der Waals surface area contributed by atoms with Crippen LogP contribution >= 0.6 is 11.6 Å². The van der Waals surface area contributed by atoms with Crippen molar-refractivity contribution in [1.29, 1.82) is 0 Å². The molecule has 158 valence electrons. The molecule has 3 N–H and O–H groups in total. The van der Waals surface area contributed by atoms with E-state index in [0.29, 0.717) is 6.54 Å². The average molecular weight is 426 g/mol. The van der Waals surface area contributed by atoms with Gasteiger partial charge in [0.1, 0.15) is 11.6 Å². The van der Waals surface area contributed by atoms with Crippen LogP contribution in [-0.4, -0.2) is 55.8 Å². The van der Waals surface area contributed by atoms with Crippen molar-refractivity contribution >= 4 is 23.4 Å². The Morgan fingerprint density at radius 3 is 2.66 bits per heavy atom. The molecule has 5 rings (SSSR count). The Morgan fingerprint density at radius 2 is 1.97 bits per heavy atom. The fraction of sp³-hybridized carbons (Fsp3) is 0.600. The number of ether oxygens (including phenoxy) is 2. The molecule has 2 unspecified atom stereocenters. The van der Waals surface area contributed by atoms with Crippen molar-refractivity contribution in [3.05, 3.63) is 29.0 Å². The first kappa shape index (κ1) is 20.4. The number of nitrogens with one attached hydrogen (secondary N) is 3. The summed E-state index contributed by atoms with van der Waals surface area (Å²) in [5, 5.41) is 9.39. The molecule has 0 aromatic heterocycles. The third-order valence-corrected chi connectivity index (χ3v) is 6.41. The van der Waals surface area contributed by atoms with Crippen molar-refractivity contribution in [3.63, 3.8) is 0 Å². The molecule has 1 saturated heterocycles. The van der Waals surface area contributed by atoms with Gasteiger partial charge in [0.05, 0.1) is 17.0 Å². The van der Waals surface area contributed by atoms with Crippen molar-refractivity contribution in [3.8, 4) is 5.75 Å². The first-order valence-corrected chi connectivity index (χ1v) is 10.1. The molecule has 9 heteroatoms. The largest absolute Gasteiger partial charge is 0.484 e. The molecule has 0 spiro atoms. The van der Waals surface area contributed by atoms with Gasteiger partial charge in [-0.3, -0.25) is 9.59 Å². The monoisotopic (exact) mass is 425 g/mol. The normalized spacial score (nSPS) is 32.5. The molecule has 7 nitrogen and oxygen atoms in total. The lowest BCUT2D eigenvalue weighted by atomic mass is 9.44. The summed E-state index contributed by atoms with van der Waals surface area (Å²) in [7, 11) is 1.66. The molecule has 3 saturated carbocycles. The van der Waals surface area contributed by atoms with E-state index in [9.17, 15) is 14.0 Å². The molecule has 1 aromatic carbocycles. The number of piperidine rings is 1. The molecule has 0 radical (unpaired) electrons. The van der Waals surface area contributed by atoms with Crippen LogP contribution in [0.4, 0.5) is 4.39 Å². The Kier molecular flexibility index (Phi) is 5.44. The second kappa shape index (κ2) is 7.74. The zero-order valence-corrected chi connectivity index (χ0v) is 17.0. The van der Waals surface area contributed by atoms with Crippen LogP contribution in [0.3, 0.4) is 0 Å². The van der Waals surface area contributed by atoms with Gasteiger partial charge < -0.3 is 25.4 Å². The maximum Gasteiger partial charge on any atom is 0.258 e. The van der Waals surface area contributed by atoms with E-state index in [1.165, 1.54) is 12.1 Å². The zero-order valence-electron chi connectivity index (χ0n) is 16.2. The Morgan fingerprint density at radius 1 is 1.24 bits per heavy atom. The van der Waals surface area contributed by atoms with E-state index in [1.807, 2.05) is 0 Å². The third kappa shape index (κ3) is 4.20. The van der Waals surface area contributed by atoms with Crippen LogP contribution in [0.15, 0.2) is 18.2 Å². The van der Waals surface area contributed by atoms with E-state index < -0.39 is 5.82 Å². The molecule has 2 amide bonds. The number of benzene rings is 1. The van der Waals surface area contributed by atoms with E-state index in [1.54, 1.807) is 7.11 Å². The minimum absolute atomic E-state index is 0.00441. The number of methoxy groups -OCH3 is 1. The van der Waals surface area contributed by atoms with Crippen LogP contribution in [0, 0.1) is 11.7 Å². The van der Waals surface area contributed by atoms with Crippen molar-refractivity contribution in [1.82, 2.24) is 16.0 Å². The summed E-state index contributed by atoms with van der Waals surface area (Å²) in [4.78, 5) is 24.8. The standard InChI is InChI=1S/C20H25ClFN3O4/c1-28-14-4-12(6-23-7-14)18(27)25-20-9-19(10-20,11-20)24-17(26)8-29-13-2-3-15(21)16(22)5-13/h2-3,5,12,14,23H,4,6-11H2,1H3,(H,24,26)(H,25,27). The molecule has 1 heterocycles. The molecular formula is C20H25ClFN3O4. The fourth-order valence-electron chi connectivity index (χ4n) is 4.75. The van der Waals surface area contributed by atoms with E-state index in [4.69, 9.17) is 21.1 Å². The van der Waals surface area contributed by atoms with Crippen LogP contribution < -0.4 is 20.7 Å². The Bertz CT molecular complexity index is 801. The summed E-state index contributed by atoms with van der Waals surface area (Å²) in [5.41, 5.74) is -0.469. The molecular weight excluding hydrogens is 401 g/mol. The van der Waals surface area contributed by atoms with Gasteiger partial charge in [0.15, 0.2) is 6.61 Å². The predicted octanol–water partition coefficient (Wildman–Crippen LogP) is 1.39. The van der Waals surface area contributed by atoms with E-state index >= 15 is 0 Å². The fourth-order valence-corrected chi connectivity index (χ4v) is 4.86. The summed E-state index contributed by atoms with van der Waals surface area (Å²) < 4.78 is 24.1. The minimum Gasteiger partial charge on any atom is -0.484 e. The molecule has 1 aromatic rings. The molecule has 2 bridgehead atoms. The molecule has 1 aliphatic heterocycles. The maximum absolute atomic E-state index is 13.4. The van der Waals surface area contributed by atoms with Crippen LogP contribution in [-0.2, 0) is 14.3 Å². The first-order valence-electron chi connectivity index (χ1n) is 9.76. The van der Waals surface area contributed by atoms with Crippen molar-refractivity contribution in [2.24, 2.45) is 5.92 Å². The SMILES string of the molecule is COC1CNCC(C(=O)NC23CC(NC(=O)COc4ccc(Cl)c(F)c4)(C2)C3)C1. The number of hydrogen-bond donors (Lipinski definition) is 3. The summed E-state index contributed by atoms with van der Waals surface area (Å²) >= 11 is 5.63. The molecule has 29 heavy (non-hydrogen) atoms. The number of carbonyl (C=O) groups is 2. The highest BCUT2D eigenvalue weighted by atomic mass is 35.5. The maximum atomic E-state index is 13.4. The second-order valence-electron chi connectivity index (χ2n) is 8.44. The highest BCUT2D eigenvalue weighted by molar-refractivity contribution is 6.30. The van der Waals surface area contributed by atoms with Crippen LogP contribution in [0.5, 0.6) is 5.75 Å². The van der Waals surface area contributed by atoms with Gasteiger partial charge in [-0.05, 0) is 37.8 Å². The van der Waals surface area contributed by atoms with Crippen LogP contribution in [0.1, 0.15) is 25.7 Å². The summed E-state index contributed by atoms with van der Waals surface area (Å²) in [6.07, 6.45) is 2.95. The van der Waals surface area contributed by atoms with E-state index in [0.717, 1.165) is 38.3 Å². The Hall–Kier alpha value is -1.90. The molecule has 4 aliphatic rings. The summed E-state index contributed by atoms with van der Waals surface area (Å²) in [5.74, 6) is -0.654. The zero-order chi connectivity index (χ0) is 20.6. The van der Waals surface area contributed by atoms with E-state index in [2.05, 4.69) is 16.0 Å². The number of halogens is 2. The van der Waals surface area contributed by atoms with Gasteiger partial charge in [-0.2, -0.15) is 0 Å². The Balaban J connectivity index is 1.20. The molecule has 2 atom stereocenters. The summed E-state index contributed by atoms with van der Waals surface area (Å²) in [6, 6.07) is 4.04. The topological polar surface area (TPSA) is 88.7 Å². The lowest BCUT2D eigenvalue weighted by Crippen LogP contribution is -2.84. The van der Waals surface area contributed by atoms with Gasteiger partial charge in [-0.15, -0.1) is 0 Å². The van der Waals surface area contributed by atoms with E-state index in [-0.39, 0.29) is 52.3 Å². The minimum atomic E-state index is -0.591. The number of hydrogen-bond acceptors (Lipinski definition) is 5.